The standard InChI is InChI=1S/C12H9F3N2S/c13-12(14,15)18-11-3-1-9(2-4-11)17-10-5-7-16-8-6-10/h1-8H,(H,16,17). The van der Waals surface area contributed by atoms with E-state index in [9.17, 15) is 13.2 Å². The summed E-state index contributed by atoms with van der Waals surface area (Å²) in [5.41, 5.74) is -2.69. The van der Waals surface area contributed by atoms with Crippen molar-refractivity contribution in [3.8, 4) is 0 Å². The van der Waals surface area contributed by atoms with Gasteiger partial charge in [0.1, 0.15) is 0 Å². The van der Waals surface area contributed by atoms with E-state index in [1.165, 1.54) is 12.1 Å². The molecule has 1 N–H and O–H groups in total. The number of hydrogen-bond acceptors (Lipinski definition) is 3. The van der Waals surface area contributed by atoms with Crippen molar-refractivity contribution in [2.45, 2.75) is 10.4 Å². The van der Waals surface area contributed by atoms with E-state index < -0.39 is 5.51 Å². The van der Waals surface area contributed by atoms with Crippen LogP contribution in [0.15, 0.2) is 53.7 Å². The number of benzene rings is 1. The van der Waals surface area contributed by atoms with Gasteiger partial charge in [-0.2, -0.15) is 13.2 Å². The van der Waals surface area contributed by atoms with Crippen molar-refractivity contribution < 1.29 is 13.2 Å². The van der Waals surface area contributed by atoms with Crippen molar-refractivity contribution in [3.05, 3.63) is 48.8 Å². The number of halogens is 3. The summed E-state index contributed by atoms with van der Waals surface area (Å²) >= 11 is -0.122. The molecule has 0 radical (unpaired) electrons. The molecular weight excluding hydrogens is 261 g/mol. The minimum absolute atomic E-state index is 0.122. The molecule has 94 valence electrons. The first kappa shape index (κ1) is 12.8. The van der Waals surface area contributed by atoms with Crippen LogP contribution < -0.4 is 5.32 Å². The molecule has 2 aromatic rings. The molecule has 0 saturated carbocycles. The van der Waals surface area contributed by atoms with Crippen LogP contribution in [0, 0.1) is 0 Å². The molecule has 1 heterocycles. The lowest BCUT2D eigenvalue weighted by Crippen LogP contribution is -1.98. The van der Waals surface area contributed by atoms with Crippen LogP contribution in [-0.2, 0) is 0 Å². The Kier molecular flexibility index (Phi) is 3.76. The number of rotatable bonds is 3. The molecule has 0 aliphatic carbocycles. The minimum atomic E-state index is -4.25. The van der Waals surface area contributed by atoms with Crippen LogP contribution >= 0.6 is 11.8 Å². The smallest absolute Gasteiger partial charge is 0.355 e. The van der Waals surface area contributed by atoms with Crippen LogP contribution in [0.3, 0.4) is 0 Å². The van der Waals surface area contributed by atoms with Gasteiger partial charge in [-0.3, -0.25) is 4.98 Å². The molecule has 6 heteroatoms. The average molecular weight is 270 g/mol. The summed E-state index contributed by atoms with van der Waals surface area (Å²) in [6.07, 6.45) is 3.27. The van der Waals surface area contributed by atoms with E-state index in [4.69, 9.17) is 0 Å². The van der Waals surface area contributed by atoms with Gasteiger partial charge in [0.05, 0.1) is 0 Å². The number of aromatic nitrogens is 1. The highest BCUT2D eigenvalue weighted by atomic mass is 32.2. The first-order valence-corrected chi connectivity index (χ1v) is 5.87. The number of nitrogens with one attached hydrogen (secondary N) is 1. The molecule has 2 nitrogen and oxygen atoms in total. The molecular formula is C12H9F3N2S. The number of anilines is 2. The molecule has 2 rings (SSSR count). The fraction of sp³-hybridized carbons (Fsp3) is 0.0833. The average Bonchev–Trinajstić information content (AvgIpc) is 2.31. The van der Waals surface area contributed by atoms with Crippen molar-refractivity contribution in [1.29, 1.82) is 0 Å². The summed E-state index contributed by atoms with van der Waals surface area (Å²) < 4.78 is 36.4. The predicted molar refractivity (Wildman–Crippen MR) is 65.9 cm³/mol. The van der Waals surface area contributed by atoms with Gasteiger partial charge in [-0.05, 0) is 48.2 Å². The molecule has 0 atom stereocenters. The molecule has 18 heavy (non-hydrogen) atoms. The van der Waals surface area contributed by atoms with Gasteiger partial charge in [0.2, 0.25) is 0 Å². The maximum atomic E-state index is 12.1. The second-order valence-electron chi connectivity index (χ2n) is 3.43. The quantitative estimate of drug-likeness (QED) is 0.835. The number of hydrogen-bond donors (Lipinski definition) is 1. The molecule has 1 aromatic carbocycles. The molecule has 0 bridgehead atoms. The molecule has 0 aliphatic rings. The molecule has 0 spiro atoms. The van der Waals surface area contributed by atoms with Gasteiger partial charge in [-0.25, -0.2) is 0 Å². The van der Waals surface area contributed by atoms with Gasteiger partial charge in [0, 0.05) is 28.7 Å². The molecule has 0 aliphatic heterocycles. The highest BCUT2D eigenvalue weighted by Crippen LogP contribution is 2.37. The Morgan fingerprint density at radius 1 is 0.889 bits per heavy atom. The first-order valence-electron chi connectivity index (χ1n) is 5.06. The highest BCUT2D eigenvalue weighted by molar-refractivity contribution is 8.00. The maximum Gasteiger partial charge on any atom is 0.446 e. The SMILES string of the molecule is FC(F)(F)Sc1ccc(Nc2ccncc2)cc1. The third-order valence-electron chi connectivity index (χ3n) is 2.06. The summed E-state index contributed by atoms with van der Waals surface area (Å²) in [6.45, 7) is 0. The molecule has 0 saturated heterocycles. The zero-order valence-corrected chi connectivity index (χ0v) is 9.92. The third kappa shape index (κ3) is 3.96. The van der Waals surface area contributed by atoms with Gasteiger partial charge in [0.15, 0.2) is 0 Å². The van der Waals surface area contributed by atoms with Gasteiger partial charge < -0.3 is 5.32 Å². The van der Waals surface area contributed by atoms with E-state index in [-0.39, 0.29) is 16.7 Å². The van der Waals surface area contributed by atoms with Crippen molar-refractivity contribution >= 4 is 23.1 Å². The number of nitrogens with zero attached hydrogens (tertiary/aromatic N) is 1. The van der Waals surface area contributed by atoms with Gasteiger partial charge in [-0.1, -0.05) is 0 Å². The van der Waals surface area contributed by atoms with Crippen LogP contribution in [-0.4, -0.2) is 10.5 Å². The largest absolute Gasteiger partial charge is 0.446 e. The Bertz CT molecular complexity index is 497. The minimum Gasteiger partial charge on any atom is -0.355 e. The second kappa shape index (κ2) is 5.30. The van der Waals surface area contributed by atoms with Gasteiger partial charge in [-0.15, -0.1) is 0 Å². The Morgan fingerprint density at radius 2 is 1.44 bits per heavy atom. The van der Waals surface area contributed by atoms with E-state index in [2.05, 4.69) is 10.3 Å². The lowest BCUT2D eigenvalue weighted by Gasteiger charge is -2.08. The maximum absolute atomic E-state index is 12.1. The summed E-state index contributed by atoms with van der Waals surface area (Å²) in [4.78, 5) is 4.04. The van der Waals surface area contributed by atoms with Crippen molar-refractivity contribution in [1.82, 2.24) is 4.98 Å². The monoisotopic (exact) mass is 270 g/mol. The van der Waals surface area contributed by atoms with Crippen molar-refractivity contribution in [2.24, 2.45) is 0 Å². The summed E-state index contributed by atoms with van der Waals surface area (Å²) in [7, 11) is 0. The zero-order chi connectivity index (χ0) is 13.0. The lowest BCUT2D eigenvalue weighted by molar-refractivity contribution is -0.0328. The highest BCUT2D eigenvalue weighted by Gasteiger charge is 2.28. The fourth-order valence-electron chi connectivity index (χ4n) is 1.34. The molecule has 1 aromatic heterocycles. The summed E-state index contributed by atoms with van der Waals surface area (Å²) in [5, 5.41) is 3.06. The molecule has 0 unspecified atom stereocenters. The van der Waals surface area contributed by atoms with E-state index in [1.807, 2.05) is 0 Å². The van der Waals surface area contributed by atoms with Crippen LogP contribution in [0.25, 0.3) is 0 Å². The Labute approximate surface area is 106 Å². The van der Waals surface area contributed by atoms with E-state index in [1.54, 1.807) is 36.7 Å². The number of alkyl halides is 3. The van der Waals surface area contributed by atoms with Crippen molar-refractivity contribution in [2.75, 3.05) is 5.32 Å². The van der Waals surface area contributed by atoms with Crippen LogP contribution in [0.1, 0.15) is 0 Å². The normalized spacial score (nSPS) is 11.3. The predicted octanol–water partition coefficient (Wildman–Crippen LogP) is 4.44. The molecule has 0 fully saturated rings. The van der Waals surface area contributed by atoms with Crippen LogP contribution in [0.4, 0.5) is 24.5 Å². The van der Waals surface area contributed by atoms with Crippen molar-refractivity contribution in [3.63, 3.8) is 0 Å². The number of pyridine rings is 1. The lowest BCUT2D eigenvalue weighted by atomic mass is 10.3. The first-order chi connectivity index (χ1) is 8.53. The van der Waals surface area contributed by atoms with Gasteiger partial charge >= 0.3 is 5.51 Å². The fourth-order valence-corrected chi connectivity index (χ4v) is 1.88. The Balaban J connectivity index is 2.04. The third-order valence-corrected chi connectivity index (χ3v) is 2.80. The van der Waals surface area contributed by atoms with E-state index >= 15 is 0 Å². The van der Waals surface area contributed by atoms with E-state index in [0.717, 1.165) is 11.4 Å². The Hall–Kier alpha value is -1.69. The molecule has 0 amide bonds. The second-order valence-corrected chi connectivity index (χ2v) is 4.57. The topological polar surface area (TPSA) is 24.9 Å². The van der Waals surface area contributed by atoms with Crippen LogP contribution in [0.5, 0.6) is 0 Å². The summed E-state index contributed by atoms with van der Waals surface area (Å²) in [6, 6.07) is 9.63. The zero-order valence-electron chi connectivity index (χ0n) is 9.11. The van der Waals surface area contributed by atoms with Gasteiger partial charge in [0.25, 0.3) is 0 Å². The van der Waals surface area contributed by atoms with E-state index in [0.29, 0.717) is 0 Å². The summed E-state index contributed by atoms with van der Waals surface area (Å²) in [5.74, 6) is 0. The Morgan fingerprint density at radius 3 is 2.00 bits per heavy atom. The van der Waals surface area contributed by atoms with Crippen LogP contribution in [0.2, 0.25) is 0 Å². The number of thioether (sulfide) groups is 1.